The number of carbonyl (C=O) groups excluding carboxylic acids is 2. The van der Waals surface area contributed by atoms with Gasteiger partial charge in [-0.1, -0.05) is 12.1 Å². The second-order valence-corrected chi connectivity index (χ2v) is 6.69. The quantitative estimate of drug-likeness (QED) is 0.382. The predicted molar refractivity (Wildman–Crippen MR) is 109 cm³/mol. The highest BCUT2D eigenvalue weighted by Gasteiger charge is 2.20. The molecule has 3 aromatic rings. The zero-order chi connectivity index (χ0) is 22.5. The van der Waals surface area contributed by atoms with E-state index in [1.165, 1.54) is 19.2 Å². The first-order valence-electron chi connectivity index (χ1n) is 9.39. The van der Waals surface area contributed by atoms with E-state index >= 15 is 0 Å². The third kappa shape index (κ3) is 4.91. The van der Waals surface area contributed by atoms with Gasteiger partial charge in [-0.25, -0.2) is 4.79 Å². The summed E-state index contributed by atoms with van der Waals surface area (Å²) in [6.45, 7) is 0.242. The van der Waals surface area contributed by atoms with Gasteiger partial charge in [0.15, 0.2) is 6.61 Å². The number of alkyl halides is 2. The van der Waals surface area contributed by atoms with Crippen molar-refractivity contribution in [2.45, 2.75) is 20.5 Å². The number of halogens is 2. The molecule has 0 spiro atoms. The third-order valence-corrected chi connectivity index (χ3v) is 4.71. The maximum atomic E-state index is 12.7. The van der Waals surface area contributed by atoms with Crippen LogP contribution in [0, 0.1) is 13.8 Å². The van der Waals surface area contributed by atoms with Crippen molar-refractivity contribution in [1.82, 2.24) is 4.57 Å². The Balaban J connectivity index is 1.75. The molecule has 8 heteroatoms. The van der Waals surface area contributed by atoms with Gasteiger partial charge in [0.1, 0.15) is 17.1 Å². The Hall–Kier alpha value is -3.68. The molecule has 1 aromatic heterocycles. The molecule has 1 heterocycles. The number of ether oxygens (including phenoxy) is 3. The van der Waals surface area contributed by atoms with Crippen LogP contribution in [0.3, 0.4) is 0 Å². The van der Waals surface area contributed by atoms with Crippen LogP contribution in [0.5, 0.6) is 11.5 Å². The molecule has 0 N–H and O–H groups in total. The molecule has 0 aliphatic heterocycles. The maximum Gasteiger partial charge on any atom is 0.387 e. The number of aryl methyl sites for hydroxylation is 1. The van der Waals surface area contributed by atoms with Gasteiger partial charge in [0.25, 0.3) is 0 Å². The van der Waals surface area contributed by atoms with Crippen molar-refractivity contribution in [1.29, 1.82) is 0 Å². The highest BCUT2D eigenvalue weighted by molar-refractivity contribution is 6.01. The van der Waals surface area contributed by atoms with Crippen molar-refractivity contribution in [2.24, 2.45) is 0 Å². The van der Waals surface area contributed by atoms with Crippen molar-refractivity contribution in [3.05, 3.63) is 77.1 Å². The van der Waals surface area contributed by atoms with Crippen molar-refractivity contribution in [2.75, 3.05) is 13.7 Å². The number of esters is 1. The molecule has 0 aliphatic rings. The van der Waals surface area contributed by atoms with Gasteiger partial charge in [0.2, 0.25) is 5.78 Å². The lowest BCUT2D eigenvalue weighted by Crippen LogP contribution is -2.15. The highest BCUT2D eigenvalue weighted by atomic mass is 19.3. The van der Waals surface area contributed by atoms with Crippen molar-refractivity contribution >= 4 is 11.8 Å². The molecule has 0 unspecified atom stereocenters. The first kappa shape index (κ1) is 22.0. The summed E-state index contributed by atoms with van der Waals surface area (Å²) in [4.78, 5) is 25.0. The van der Waals surface area contributed by atoms with E-state index < -0.39 is 19.2 Å². The molecule has 2 aromatic carbocycles. The van der Waals surface area contributed by atoms with Gasteiger partial charge in [0, 0.05) is 22.6 Å². The van der Waals surface area contributed by atoms with E-state index in [0.717, 1.165) is 5.69 Å². The minimum Gasteiger partial charge on any atom is -0.496 e. The van der Waals surface area contributed by atoms with Crippen LogP contribution in [0.15, 0.2) is 54.6 Å². The van der Waals surface area contributed by atoms with E-state index in [-0.39, 0.29) is 17.1 Å². The molecule has 31 heavy (non-hydrogen) atoms. The standard InChI is InChI=1S/C23H21F2NO5/c1-14-12-19(15(2)26(14)16-8-10-17(11-9-16)31-23(24)25)20(27)13-30-22(28)18-6-4-5-7-21(18)29-3/h4-12,23H,13H2,1-3H3. The highest BCUT2D eigenvalue weighted by Crippen LogP contribution is 2.24. The van der Waals surface area contributed by atoms with Gasteiger partial charge in [-0.05, 0) is 56.3 Å². The van der Waals surface area contributed by atoms with Crippen molar-refractivity contribution in [3.63, 3.8) is 0 Å². The summed E-state index contributed by atoms with van der Waals surface area (Å²) in [5.41, 5.74) is 2.71. The number of aromatic nitrogens is 1. The molecule has 0 fully saturated rings. The summed E-state index contributed by atoms with van der Waals surface area (Å²) in [5, 5.41) is 0. The van der Waals surface area contributed by atoms with Gasteiger partial charge in [-0.3, -0.25) is 4.79 Å². The molecule has 0 radical (unpaired) electrons. The predicted octanol–water partition coefficient (Wildman–Crippen LogP) is 4.74. The number of carbonyl (C=O) groups is 2. The normalized spacial score (nSPS) is 10.8. The van der Waals surface area contributed by atoms with Gasteiger partial charge >= 0.3 is 12.6 Å². The number of hydrogen-bond acceptors (Lipinski definition) is 5. The zero-order valence-electron chi connectivity index (χ0n) is 17.2. The molecule has 6 nitrogen and oxygen atoms in total. The van der Waals surface area contributed by atoms with Crippen molar-refractivity contribution in [3.8, 4) is 17.2 Å². The second-order valence-electron chi connectivity index (χ2n) is 6.69. The Labute approximate surface area is 178 Å². The summed E-state index contributed by atoms with van der Waals surface area (Å²) in [7, 11) is 1.44. The third-order valence-electron chi connectivity index (χ3n) is 4.71. The fourth-order valence-electron chi connectivity index (χ4n) is 3.32. The van der Waals surface area contributed by atoms with E-state index in [9.17, 15) is 18.4 Å². The van der Waals surface area contributed by atoms with E-state index in [0.29, 0.717) is 22.7 Å². The Kier molecular flexibility index (Phi) is 6.69. The second kappa shape index (κ2) is 9.42. The fraction of sp³-hybridized carbons (Fsp3) is 0.217. The molecule has 0 saturated carbocycles. The number of ketones is 1. The first-order chi connectivity index (χ1) is 14.8. The number of Topliss-reactive ketones (excluding diaryl/α,β-unsaturated/α-hetero) is 1. The van der Waals surface area contributed by atoms with Crippen LogP contribution >= 0.6 is 0 Å². The van der Waals surface area contributed by atoms with E-state index in [2.05, 4.69) is 4.74 Å². The Morgan fingerprint density at radius 3 is 2.32 bits per heavy atom. The summed E-state index contributed by atoms with van der Waals surface area (Å²) >= 11 is 0. The molecule has 0 bridgehead atoms. The number of benzene rings is 2. The minimum atomic E-state index is -2.90. The minimum absolute atomic E-state index is 0.0424. The molecular formula is C23H21F2NO5. The molecule has 3 rings (SSSR count). The summed E-state index contributed by atoms with van der Waals surface area (Å²) < 4.78 is 41.2. The lowest BCUT2D eigenvalue weighted by molar-refractivity contribution is -0.0498. The van der Waals surface area contributed by atoms with E-state index in [1.807, 2.05) is 6.92 Å². The van der Waals surface area contributed by atoms with Crippen LogP contribution in [0.25, 0.3) is 5.69 Å². The van der Waals surface area contributed by atoms with Gasteiger partial charge in [-0.15, -0.1) is 0 Å². The first-order valence-corrected chi connectivity index (χ1v) is 9.39. The number of para-hydroxylation sites is 1. The molecule has 0 amide bonds. The van der Waals surface area contributed by atoms with E-state index in [1.54, 1.807) is 54.0 Å². The number of hydrogen-bond donors (Lipinski definition) is 0. The molecule has 0 aliphatic carbocycles. The SMILES string of the molecule is COc1ccccc1C(=O)OCC(=O)c1cc(C)n(-c2ccc(OC(F)F)cc2)c1C. The largest absolute Gasteiger partial charge is 0.496 e. The summed E-state index contributed by atoms with van der Waals surface area (Å²) in [6.07, 6.45) is 0. The van der Waals surface area contributed by atoms with Gasteiger partial charge < -0.3 is 18.8 Å². The number of nitrogens with zero attached hydrogens (tertiary/aromatic N) is 1. The van der Waals surface area contributed by atoms with Gasteiger partial charge in [0.05, 0.1) is 7.11 Å². The smallest absolute Gasteiger partial charge is 0.387 e. The van der Waals surface area contributed by atoms with Crippen LogP contribution in [0.1, 0.15) is 32.1 Å². The van der Waals surface area contributed by atoms with Crippen LogP contribution in [-0.4, -0.2) is 36.6 Å². The number of methoxy groups -OCH3 is 1. The lowest BCUT2D eigenvalue weighted by Gasteiger charge is -2.11. The average molecular weight is 429 g/mol. The topological polar surface area (TPSA) is 66.8 Å². The van der Waals surface area contributed by atoms with E-state index in [4.69, 9.17) is 9.47 Å². The summed E-state index contributed by atoms with van der Waals surface area (Å²) in [6, 6.07) is 14.4. The van der Waals surface area contributed by atoms with Gasteiger partial charge in [-0.2, -0.15) is 8.78 Å². The fourth-order valence-corrected chi connectivity index (χ4v) is 3.32. The van der Waals surface area contributed by atoms with Crippen LogP contribution < -0.4 is 9.47 Å². The van der Waals surface area contributed by atoms with Crippen LogP contribution in [0.4, 0.5) is 8.78 Å². The summed E-state index contributed by atoms with van der Waals surface area (Å²) in [5.74, 6) is -0.618. The lowest BCUT2D eigenvalue weighted by atomic mass is 10.1. The average Bonchev–Trinajstić information content (AvgIpc) is 3.06. The van der Waals surface area contributed by atoms with Crippen molar-refractivity contribution < 1.29 is 32.6 Å². The van der Waals surface area contributed by atoms with Crippen LogP contribution in [-0.2, 0) is 4.74 Å². The Bertz CT molecular complexity index is 1090. The molecule has 0 atom stereocenters. The Morgan fingerprint density at radius 1 is 1.00 bits per heavy atom. The monoisotopic (exact) mass is 429 g/mol. The molecular weight excluding hydrogens is 408 g/mol. The number of rotatable bonds is 8. The van der Waals surface area contributed by atoms with Crippen LogP contribution in [0.2, 0.25) is 0 Å². The zero-order valence-corrected chi connectivity index (χ0v) is 17.2. The Morgan fingerprint density at radius 2 is 1.68 bits per heavy atom. The molecule has 162 valence electrons. The maximum absolute atomic E-state index is 12.7. The molecule has 0 saturated heterocycles.